The van der Waals surface area contributed by atoms with E-state index in [1.807, 2.05) is 12.2 Å². The first kappa shape index (κ1) is 12.2. The number of carbonyl (C=O) groups is 1. The normalized spacial score (nSPS) is 25.8. The van der Waals surface area contributed by atoms with Gasteiger partial charge >= 0.3 is 0 Å². The van der Waals surface area contributed by atoms with Crippen LogP contribution in [0.2, 0.25) is 0 Å². The second-order valence-electron chi connectivity index (χ2n) is 5.23. The third-order valence-electron chi connectivity index (χ3n) is 3.60. The van der Waals surface area contributed by atoms with Gasteiger partial charge in [-0.2, -0.15) is 5.26 Å². The number of amides is 1. The highest BCUT2D eigenvalue weighted by atomic mass is 35.5. The Balaban J connectivity index is 2.39. The second kappa shape index (κ2) is 4.19. The number of carbonyl (C=O) groups excluding carboxylic acids is 1. The van der Waals surface area contributed by atoms with Gasteiger partial charge in [-0.1, -0.05) is 19.9 Å². The lowest BCUT2D eigenvalue weighted by molar-refractivity contribution is -0.126. The molecule has 0 aromatic rings. The lowest BCUT2D eigenvalue weighted by Crippen LogP contribution is -2.30. The third kappa shape index (κ3) is 1.98. The Hall–Kier alpha value is -1.27. The van der Waals surface area contributed by atoms with Crippen LogP contribution in [0.25, 0.3) is 0 Å². The smallest absolute Gasteiger partial charge is 0.241 e. The minimum Gasteiger partial charge on any atom is -0.314 e. The van der Waals surface area contributed by atoms with E-state index in [1.54, 1.807) is 4.90 Å². The van der Waals surface area contributed by atoms with Crippen molar-refractivity contribution in [3.8, 4) is 6.07 Å². The van der Waals surface area contributed by atoms with Crippen LogP contribution in [-0.2, 0) is 4.79 Å². The van der Waals surface area contributed by atoms with Gasteiger partial charge in [0, 0.05) is 23.7 Å². The first-order valence-corrected chi connectivity index (χ1v) is 6.21. The Bertz CT molecular complexity index is 457. The van der Waals surface area contributed by atoms with Crippen molar-refractivity contribution in [1.82, 2.24) is 4.90 Å². The molecule has 1 amide bonds. The van der Waals surface area contributed by atoms with Gasteiger partial charge in [0.15, 0.2) is 0 Å². The van der Waals surface area contributed by atoms with Crippen molar-refractivity contribution in [2.24, 2.45) is 11.3 Å². The summed E-state index contributed by atoms with van der Waals surface area (Å²) in [5.41, 5.74) is 1.64. The zero-order chi connectivity index (χ0) is 12.6. The van der Waals surface area contributed by atoms with Crippen molar-refractivity contribution in [3.63, 3.8) is 0 Å². The summed E-state index contributed by atoms with van der Waals surface area (Å²) in [4.78, 5) is 13.5. The summed E-state index contributed by atoms with van der Waals surface area (Å²) in [7, 11) is 0. The van der Waals surface area contributed by atoms with Gasteiger partial charge in [-0.25, -0.2) is 0 Å². The molecule has 1 atom stereocenters. The highest BCUT2D eigenvalue weighted by Crippen LogP contribution is 2.46. The molecular weight excluding hydrogens is 236 g/mol. The largest absolute Gasteiger partial charge is 0.314 e. The molecule has 17 heavy (non-hydrogen) atoms. The van der Waals surface area contributed by atoms with Crippen LogP contribution in [0.3, 0.4) is 0 Å². The van der Waals surface area contributed by atoms with Crippen molar-refractivity contribution < 1.29 is 4.79 Å². The van der Waals surface area contributed by atoms with Crippen LogP contribution in [0.15, 0.2) is 23.4 Å². The van der Waals surface area contributed by atoms with E-state index in [0.717, 1.165) is 12.1 Å². The Morgan fingerprint density at radius 1 is 1.71 bits per heavy atom. The number of halogens is 1. The molecule has 2 aliphatic rings. The van der Waals surface area contributed by atoms with Crippen LogP contribution in [-0.4, -0.2) is 23.2 Å². The van der Waals surface area contributed by atoms with Crippen molar-refractivity contribution in [2.45, 2.75) is 20.3 Å². The zero-order valence-corrected chi connectivity index (χ0v) is 10.8. The monoisotopic (exact) mass is 250 g/mol. The van der Waals surface area contributed by atoms with Gasteiger partial charge in [-0.3, -0.25) is 4.79 Å². The number of hydrogen-bond donors (Lipinski definition) is 0. The SMILES string of the molecule is CC1(C)CN(C(=O)CCl)C2=CC(C#N)=CCC21. The average Bonchev–Trinajstić information content (AvgIpc) is 2.60. The van der Waals surface area contributed by atoms with E-state index >= 15 is 0 Å². The van der Waals surface area contributed by atoms with E-state index in [-0.39, 0.29) is 17.2 Å². The van der Waals surface area contributed by atoms with Crippen molar-refractivity contribution in [2.75, 3.05) is 12.4 Å². The van der Waals surface area contributed by atoms with Crippen LogP contribution >= 0.6 is 11.6 Å². The lowest BCUT2D eigenvalue weighted by Gasteiger charge is -2.26. The van der Waals surface area contributed by atoms with E-state index in [0.29, 0.717) is 18.0 Å². The number of alkyl halides is 1. The van der Waals surface area contributed by atoms with Gasteiger partial charge in [0.05, 0.1) is 6.07 Å². The second-order valence-corrected chi connectivity index (χ2v) is 5.50. The molecule has 0 N–H and O–H groups in total. The predicted molar refractivity (Wildman–Crippen MR) is 66.1 cm³/mol. The Kier molecular flexibility index (Phi) is 3.01. The molecule has 1 saturated heterocycles. The maximum atomic E-state index is 11.8. The molecular formula is C13H15ClN2O. The van der Waals surface area contributed by atoms with E-state index in [9.17, 15) is 4.79 Å². The van der Waals surface area contributed by atoms with E-state index < -0.39 is 0 Å². The van der Waals surface area contributed by atoms with Crippen molar-refractivity contribution in [1.29, 1.82) is 5.26 Å². The maximum absolute atomic E-state index is 11.8. The van der Waals surface area contributed by atoms with E-state index in [2.05, 4.69) is 19.9 Å². The lowest BCUT2D eigenvalue weighted by atomic mass is 9.76. The molecule has 1 aliphatic carbocycles. The quantitative estimate of drug-likeness (QED) is 0.671. The molecule has 4 heteroatoms. The molecule has 1 aliphatic heterocycles. The average molecular weight is 251 g/mol. The Morgan fingerprint density at radius 3 is 3.00 bits per heavy atom. The number of allylic oxidation sites excluding steroid dienone is 4. The molecule has 2 rings (SSSR count). The van der Waals surface area contributed by atoms with Gasteiger partial charge < -0.3 is 4.90 Å². The summed E-state index contributed by atoms with van der Waals surface area (Å²) in [6.07, 6.45) is 4.60. The minimum atomic E-state index is -0.0762. The molecule has 1 unspecified atom stereocenters. The van der Waals surface area contributed by atoms with Crippen LogP contribution in [0.4, 0.5) is 0 Å². The summed E-state index contributed by atoms with van der Waals surface area (Å²) < 4.78 is 0. The van der Waals surface area contributed by atoms with Gasteiger partial charge in [0.25, 0.3) is 0 Å². The maximum Gasteiger partial charge on any atom is 0.241 e. The summed E-state index contributed by atoms with van der Waals surface area (Å²) in [6.45, 7) is 4.98. The molecule has 0 saturated carbocycles. The van der Waals surface area contributed by atoms with Crippen LogP contribution in [0.5, 0.6) is 0 Å². The third-order valence-corrected chi connectivity index (χ3v) is 3.83. The topological polar surface area (TPSA) is 44.1 Å². The first-order valence-electron chi connectivity index (χ1n) is 5.68. The molecule has 3 nitrogen and oxygen atoms in total. The number of likely N-dealkylation sites (tertiary alicyclic amines) is 1. The van der Waals surface area contributed by atoms with Crippen molar-refractivity contribution in [3.05, 3.63) is 23.4 Å². The fourth-order valence-electron chi connectivity index (χ4n) is 2.66. The first-order chi connectivity index (χ1) is 7.99. The van der Waals surface area contributed by atoms with Crippen molar-refractivity contribution >= 4 is 17.5 Å². The van der Waals surface area contributed by atoms with Crippen LogP contribution in [0, 0.1) is 22.7 Å². The molecule has 1 heterocycles. The van der Waals surface area contributed by atoms with Crippen LogP contribution in [0.1, 0.15) is 20.3 Å². The fraction of sp³-hybridized carbons (Fsp3) is 0.538. The van der Waals surface area contributed by atoms with Gasteiger partial charge in [-0.05, 0) is 17.9 Å². The highest BCUT2D eigenvalue weighted by Gasteiger charge is 2.45. The number of nitriles is 1. The fourth-order valence-corrected chi connectivity index (χ4v) is 2.81. The molecule has 90 valence electrons. The van der Waals surface area contributed by atoms with E-state index in [4.69, 9.17) is 16.9 Å². The predicted octanol–water partition coefficient (Wildman–Crippen LogP) is 2.45. The molecule has 0 aromatic carbocycles. The summed E-state index contributed by atoms with van der Waals surface area (Å²) in [6, 6.07) is 2.14. The number of nitrogens with zero attached hydrogens (tertiary/aromatic N) is 2. The molecule has 0 spiro atoms. The highest BCUT2D eigenvalue weighted by molar-refractivity contribution is 6.27. The molecule has 0 aromatic heterocycles. The summed E-state index contributed by atoms with van der Waals surface area (Å²) >= 11 is 5.63. The standard InChI is InChI=1S/C13H15ClN2O/c1-13(2)8-16(12(17)6-14)11-5-9(7-15)3-4-10(11)13/h3,5,10H,4,6,8H2,1-2H3. The van der Waals surface area contributed by atoms with Gasteiger partial charge in [0.1, 0.15) is 5.88 Å². The minimum absolute atomic E-state index is 0.00819. The molecule has 1 fully saturated rings. The Morgan fingerprint density at radius 2 is 2.41 bits per heavy atom. The van der Waals surface area contributed by atoms with Gasteiger partial charge in [0.2, 0.25) is 5.91 Å². The number of rotatable bonds is 1. The molecule has 0 radical (unpaired) electrons. The summed E-state index contributed by atoms with van der Waals surface area (Å²) in [5.74, 6) is 0.227. The summed E-state index contributed by atoms with van der Waals surface area (Å²) in [5, 5.41) is 8.93. The zero-order valence-electron chi connectivity index (χ0n) is 10.0. The van der Waals surface area contributed by atoms with Crippen LogP contribution < -0.4 is 0 Å². The molecule has 0 bridgehead atoms. The number of fused-ring (bicyclic) bond motifs is 1. The Labute approximate surface area is 106 Å². The van der Waals surface area contributed by atoms with E-state index in [1.165, 1.54) is 0 Å². The number of hydrogen-bond acceptors (Lipinski definition) is 2. The van der Waals surface area contributed by atoms with Gasteiger partial charge in [-0.15, -0.1) is 11.6 Å².